The molecule has 0 aromatic heterocycles. The molecule has 1 heterocycles. The third kappa shape index (κ3) is 7.00. The van der Waals surface area contributed by atoms with Gasteiger partial charge < -0.3 is 9.05 Å². The van der Waals surface area contributed by atoms with Crippen LogP contribution >= 0.6 is 29.4 Å². The van der Waals surface area contributed by atoms with Crippen LogP contribution in [-0.2, 0) is 16.1 Å². The first kappa shape index (κ1) is 19.9. The molecular weight excluding hydrogens is 399 g/mol. The standard InChI is InChI=1S/C12H11O4P.C8H8S2/c13-17(14,15-11-7-3-1-4-8-11)16-12-9-5-2-6-10-12;1-2-7-4-8(3-1)6-10-9-5-7/h1-10H,(H,13,14);1-4H,5-6H2. The Morgan fingerprint density at radius 3 is 1.59 bits per heavy atom. The second-order valence-corrected chi connectivity index (χ2v) is 9.39. The Balaban J connectivity index is 0.000000177. The van der Waals surface area contributed by atoms with E-state index in [0.29, 0.717) is 0 Å². The Kier molecular flexibility index (Phi) is 7.30. The summed E-state index contributed by atoms with van der Waals surface area (Å²) >= 11 is 0. The predicted octanol–water partition coefficient (Wildman–Crippen LogP) is 6.33. The van der Waals surface area contributed by atoms with E-state index in [1.807, 2.05) is 21.6 Å². The van der Waals surface area contributed by atoms with Gasteiger partial charge in [-0.3, -0.25) is 4.89 Å². The fourth-order valence-electron chi connectivity index (χ4n) is 2.28. The molecule has 140 valence electrons. The highest BCUT2D eigenvalue weighted by Crippen LogP contribution is 2.44. The van der Waals surface area contributed by atoms with Crippen LogP contribution in [-0.4, -0.2) is 4.89 Å². The zero-order chi connectivity index (χ0) is 19.0. The van der Waals surface area contributed by atoms with Crippen molar-refractivity contribution in [1.82, 2.24) is 0 Å². The molecule has 4 rings (SSSR count). The van der Waals surface area contributed by atoms with E-state index >= 15 is 0 Å². The molecule has 3 aromatic rings. The highest BCUT2D eigenvalue weighted by molar-refractivity contribution is 8.76. The van der Waals surface area contributed by atoms with Crippen molar-refractivity contribution in [1.29, 1.82) is 0 Å². The Morgan fingerprint density at radius 2 is 1.15 bits per heavy atom. The molecule has 1 aliphatic heterocycles. The Labute approximate surface area is 166 Å². The molecule has 0 saturated carbocycles. The van der Waals surface area contributed by atoms with Crippen LogP contribution in [0.15, 0.2) is 84.9 Å². The smallest absolute Gasteiger partial charge is 0.395 e. The van der Waals surface area contributed by atoms with Gasteiger partial charge in [0.05, 0.1) is 0 Å². The molecular formula is C20H19O4PS2. The van der Waals surface area contributed by atoms with Gasteiger partial charge >= 0.3 is 7.82 Å². The highest BCUT2D eigenvalue weighted by atomic mass is 33.1. The fourth-order valence-corrected chi connectivity index (χ4v) is 5.20. The Morgan fingerprint density at radius 1 is 0.704 bits per heavy atom. The molecule has 0 unspecified atom stereocenters. The van der Waals surface area contributed by atoms with Crippen LogP contribution in [0.3, 0.4) is 0 Å². The molecule has 1 aliphatic rings. The molecule has 0 saturated heterocycles. The van der Waals surface area contributed by atoms with E-state index in [1.54, 1.807) is 60.7 Å². The van der Waals surface area contributed by atoms with E-state index in [9.17, 15) is 9.46 Å². The van der Waals surface area contributed by atoms with Crippen molar-refractivity contribution in [3.63, 3.8) is 0 Å². The number of hydrogen-bond acceptors (Lipinski definition) is 5. The zero-order valence-electron chi connectivity index (χ0n) is 14.4. The summed E-state index contributed by atoms with van der Waals surface area (Å²) in [4.78, 5) is 9.53. The van der Waals surface area contributed by atoms with Gasteiger partial charge in [0.15, 0.2) is 0 Å². The monoisotopic (exact) mass is 418 g/mol. The third-order valence-electron chi connectivity index (χ3n) is 3.45. The van der Waals surface area contributed by atoms with E-state index in [0.717, 1.165) is 0 Å². The van der Waals surface area contributed by atoms with Gasteiger partial charge in [0.1, 0.15) is 11.5 Å². The van der Waals surface area contributed by atoms with Crippen LogP contribution in [0.2, 0.25) is 0 Å². The maximum absolute atomic E-state index is 11.7. The molecule has 2 bridgehead atoms. The van der Waals surface area contributed by atoms with Crippen LogP contribution in [0.25, 0.3) is 0 Å². The van der Waals surface area contributed by atoms with E-state index in [2.05, 4.69) is 24.3 Å². The highest BCUT2D eigenvalue weighted by Gasteiger charge is 2.24. The number of phosphoric ester groups is 1. The Hall–Kier alpha value is -1.85. The number of fused-ring (bicyclic) bond motifs is 2. The number of para-hydroxylation sites is 2. The van der Waals surface area contributed by atoms with Gasteiger partial charge in [-0.15, -0.1) is 0 Å². The lowest BCUT2D eigenvalue weighted by molar-refractivity contribution is 0.291. The second-order valence-electron chi connectivity index (χ2n) is 5.62. The number of hydrogen-bond donors (Lipinski definition) is 1. The van der Waals surface area contributed by atoms with Crippen LogP contribution in [0.4, 0.5) is 0 Å². The summed E-state index contributed by atoms with van der Waals surface area (Å²) in [6.45, 7) is 0. The maximum atomic E-state index is 11.7. The lowest BCUT2D eigenvalue weighted by atomic mass is 10.2. The topological polar surface area (TPSA) is 55.8 Å². The lowest BCUT2D eigenvalue weighted by Crippen LogP contribution is -1.99. The molecule has 0 radical (unpaired) electrons. The molecule has 0 fully saturated rings. The fraction of sp³-hybridized carbons (Fsp3) is 0.100. The average Bonchev–Trinajstić information content (AvgIpc) is 2.83. The van der Waals surface area contributed by atoms with Crippen molar-refractivity contribution < 1.29 is 18.5 Å². The van der Waals surface area contributed by atoms with E-state index in [4.69, 9.17) is 9.05 Å². The molecule has 3 aromatic carbocycles. The minimum atomic E-state index is -4.14. The molecule has 7 heteroatoms. The van der Waals surface area contributed by atoms with E-state index in [1.165, 1.54) is 22.6 Å². The first-order valence-corrected chi connectivity index (χ1v) is 12.2. The minimum absolute atomic E-state index is 0.286. The maximum Gasteiger partial charge on any atom is 0.584 e. The molecule has 27 heavy (non-hydrogen) atoms. The quantitative estimate of drug-likeness (QED) is 0.395. The van der Waals surface area contributed by atoms with Crippen LogP contribution < -0.4 is 9.05 Å². The first-order chi connectivity index (χ1) is 13.1. The SMILES string of the molecule is O=P(O)(Oc1ccccc1)Oc1ccccc1.c1cc2cc(c1)CSSC2. The summed E-state index contributed by atoms with van der Waals surface area (Å²) < 4.78 is 21.5. The van der Waals surface area contributed by atoms with E-state index < -0.39 is 7.82 Å². The van der Waals surface area contributed by atoms with Gasteiger partial charge in [-0.2, -0.15) is 0 Å². The van der Waals surface area contributed by atoms with Gasteiger partial charge in [0.2, 0.25) is 0 Å². The van der Waals surface area contributed by atoms with Crippen molar-refractivity contribution in [2.75, 3.05) is 0 Å². The molecule has 0 atom stereocenters. The second kappa shape index (κ2) is 9.90. The molecule has 0 spiro atoms. The van der Waals surface area contributed by atoms with Crippen molar-refractivity contribution in [2.24, 2.45) is 0 Å². The van der Waals surface area contributed by atoms with Crippen molar-refractivity contribution in [3.05, 3.63) is 96.1 Å². The first-order valence-electron chi connectivity index (χ1n) is 8.25. The van der Waals surface area contributed by atoms with Gasteiger partial charge in [0.25, 0.3) is 0 Å². The molecule has 0 aliphatic carbocycles. The largest absolute Gasteiger partial charge is 0.584 e. The average molecular weight is 418 g/mol. The minimum Gasteiger partial charge on any atom is -0.395 e. The number of rotatable bonds is 4. The zero-order valence-corrected chi connectivity index (χ0v) is 17.0. The lowest BCUT2D eigenvalue weighted by Gasteiger charge is -2.13. The summed E-state index contributed by atoms with van der Waals surface area (Å²) in [6, 6.07) is 25.6. The summed E-state index contributed by atoms with van der Waals surface area (Å²) in [6.07, 6.45) is 0. The normalized spacial score (nSPS) is 12.9. The Bertz CT molecular complexity index is 824. The van der Waals surface area contributed by atoms with Crippen LogP contribution in [0, 0.1) is 0 Å². The summed E-state index contributed by atoms with van der Waals surface area (Å²) in [5, 5.41) is 0. The summed E-state index contributed by atoms with van der Waals surface area (Å²) in [7, 11) is -0.239. The third-order valence-corrected chi connectivity index (χ3v) is 6.61. The van der Waals surface area contributed by atoms with Gasteiger partial charge in [-0.1, -0.05) is 82.3 Å². The summed E-state index contributed by atoms with van der Waals surface area (Å²) in [5.74, 6) is 2.90. The molecule has 0 amide bonds. The van der Waals surface area contributed by atoms with Gasteiger partial charge in [-0.05, 0) is 35.4 Å². The number of phosphoric acid groups is 1. The predicted molar refractivity (Wildman–Crippen MR) is 113 cm³/mol. The molecule has 1 N–H and O–H groups in total. The van der Waals surface area contributed by atoms with E-state index in [-0.39, 0.29) is 11.5 Å². The summed E-state index contributed by atoms with van der Waals surface area (Å²) in [5.41, 5.74) is 2.93. The molecule has 4 nitrogen and oxygen atoms in total. The van der Waals surface area contributed by atoms with Crippen LogP contribution in [0.1, 0.15) is 11.1 Å². The van der Waals surface area contributed by atoms with Crippen molar-refractivity contribution >= 4 is 29.4 Å². The van der Waals surface area contributed by atoms with Gasteiger partial charge in [-0.25, -0.2) is 4.57 Å². The van der Waals surface area contributed by atoms with Crippen molar-refractivity contribution in [2.45, 2.75) is 11.5 Å². The van der Waals surface area contributed by atoms with Crippen LogP contribution in [0.5, 0.6) is 11.5 Å². The van der Waals surface area contributed by atoms with Gasteiger partial charge in [0, 0.05) is 11.5 Å². The van der Waals surface area contributed by atoms with Crippen molar-refractivity contribution in [3.8, 4) is 11.5 Å². The number of benzene rings is 3.